The van der Waals surface area contributed by atoms with Gasteiger partial charge in [0.2, 0.25) is 0 Å². The maximum atomic E-state index is 12.7. The molecular formula is C5H3F7S. The summed E-state index contributed by atoms with van der Waals surface area (Å²) in [5.74, 6) is 0. The Hall–Kier alpha value is -0.140. The van der Waals surface area contributed by atoms with E-state index in [0.717, 1.165) is 0 Å². The summed E-state index contributed by atoms with van der Waals surface area (Å²) in [4.78, 5) is 0. The Kier molecular flexibility index (Phi) is 2.46. The summed E-state index contributed by atoms with van der Waals surface area (Å²) < 4.78 is 85.0. The van der Waals surface area contributed by atoms with E-state index in [9.17, 15) is 30.7 Å². The van der Waals surface area contributed by atoms with Crippen LogP contribution in [0.4, 0.5) is 30.7 Å². The number of thioether (sulfide) groups is 1. The van der Waals surface area contributed by atoms with E-state index in [1.165, 1.54) is 0 Å². The van der Waals surface area contributed by atoms with Gasteiger partial charge in [0.25, 0.3) is 5.67 Å². The third-order valence-corrected chi connectivity index (χ3v) is 2.73. The van der Waals surface area contributed by atoms with Crippen molar-refractivity contribution in [3.05, 3.63) is 0 Å². The lowest BCUT2D eigenvalue weighted by molar-refractivity contribution is -0.257. The molecule has 8 heteroatoms. The Labute approximate surface area is 72.5 Å². The summed E-state index contributed by atoms with van der Waals surface area (Å²) in [5, 5.41) is 0. The minimum absolute atomic E-state index is 0.641. The zero-order chi connectivity index (χ0) is 10.4. The Morgan fingerprint density at radius 3 is 1.69 bits per heavy atom. The highest BCUT2D eigenvalue weighted by molar-refractivity contribution is 8.00. The molecule has 0 spiro atoms. The van der Waals surface area contributed by atoms with Gasteiger partial charge in [0.1, 0.15) is 0 Å². The molecule has 0 radical (unpaired) electrons. The van der Waals surface area contributed by atoms with Crippen molar-refractivity contribution in [1.29, 1.82) is 0 Å². The lowest BCUT2D eigenvalue weighted by Crippen LogP contribution is -2.52. The molecule has 0 aliphatic carbocycles. The van der Waals surface area contributed by atoms with E-state index < -0.39 is 40.8 Å². The van der Waals surface area contributed by atoms with Gasteiger partial charge in [0.05, 0.1) is 0 Å². The molecule has 1 aliphatic heterocycles. The standard InChI is InChI=1S/C5H3F7S/c6-1-2(7)13-3(8)4(1,9)5(10,11)12/h1-3H. The van der Waals surface area contributed by atoms with Crippen molar-refractivity contribution in [2.24, 2.45) is 0 Å². The predicted molar refractivity (Wildman–Crippen MR) is 32.2 cm³/mol. The number of hydrogen-bond acceptors (Lipinski definition) is 1. The van der Waals surface area contributed by atoms with Gasteiger partial charge in [-0.25, -0.2) is 17.6 Å². The maximum absolute atomic E-state index is 12.7. The molecule has 1 aliphatic rings. The van der Waals surface area contributed by atoms with Crippen LogP contribution in [0.1, 0.15) is 0 Å². The molecule has 78 valence electrons. The molecule has 0 amide bonds. The van der Waals surface area contributed by atoms with Crippen LogP contribution in [0.3, 0.4) is 0 Å². The Morgan fingerprint density at radius 2 is 1.54 bits per heavy atom. The number of hydrogen-bond donors (Lipinski definition) is 0. The highest BCUT2D eigenvalue weighted by Crippen LogP contribution is 2.54. The minimum atomic E-state index is -5.74. The van der Waals surface area contributed by atoms with E-state index in [1.54, 1.807) is 0 Å². The van der Waals surface area contributed by atoms with Crippen molar-refractivity contribution in [2.45, 2.75) is 29.0 Å². The summed E-state index contributed by atoms with van der Waals surface area (Å²) in [7, 11) is 0. The zero-order valence-electron chi connectivity index (χ0n) is 5.79. The largest absolute Gasteiger partial charge is 0.429 e. The topological polar surface area (TPSA) is 0 Å². The Morgan fingerprint density at radius 1 is 1.08 bits per heavy atom. The zero-order valence-corrected chi connectivity index (χ0v) is 6.60. The Balaban J connectivity index is 3.01. The van der Waals surface area contributed by atoms with Gasteiger partial charge in [-0.3, -0.25) is 0 Å². The third-order valence-electron chi connectivity index (χ3n) is 1.65. The van der Waals surface area contributed by atoms with Crippen LogP contribution in [0.15, 0.2) is 0 Å². The second-order valence-electron chi connectivity index (χ2n) is 2.47. The molecule has 1 fully saturated rings. The molecule has 1 saturated heterocycles. The lowest BCUT2D eigenvalue weighted by atomic mass is 10.0. The molecule has 13 heavy (non-hydrogen) atoms. The number of halogens is 7. The first-order valence-corrected chi connectivity index (χ1v) is 3.99. The maximum Gasteiger partial charge on any atom is 0.429 e. The second kappa shape index (κ2) is 2.93. The van der Waals surface area contributed by atoms with Crippen molar-refractivity contribution >= 4 is 11.8 Å². The van der Waals surface area contributed by atoms with Gasteiger partial charge in [0, 0.05) is 0 Å². The molecule has 0 aromatic rings. The molecule has 0 bridgehead atoms. The normalized spacial score (nSPS) is 46.8. The summed E-state index contributed by atoms with van der Waals surface area (Å²) in [6.45, 7) is 0. The van der Waals surface area contributed by atoms with Gasteiger partial charge < -0.3 is 0 Å². The molecule has 1 rings (SSSR count). The van der Waals surface area contributed by atoms with Crippen LogP contribution >= 0.6 is 11.8 Å². The fourth-order valence-corrected chi connectivity index (χ4v) is 1.91. The van der Waals surface area contributed by atoms with Gasteiger partial charge in [-0.2, -0.15) is 13.2 Å². The highest BCUT2D eigenvalue weighted by Gasteiger charge is 2.73. The van der Waals surface area contributed by atoms with Crippen molar-refractivity contribution in [1.82, 2.24) is 0 Å². The molecule has 0 aromatic carbocycles. The lowest BCUT2D eigenvalue weighted by Gasteiger charge is -2.25. The van der Waals surface area contributed by atoms with Crippen molar-refractivity contribution in [3.63, 3.8) is 0 Å². The first-order valence-electron chi connectivity index (χ1n) is 3.04. The van der Waals surface area contributed by atoms with Crippen LogP contribution in [0.25, 0.3) is 0 Å². The molecule has 1 heterocycles. The third kappa shape index (κ3) is 1.38. The number of alkyl halides is 7. The fourth-order valence-electron chi connectivity index (χ4n) is 0.883. The van der Waals surface area contributed by atoms with Crippen LogP contribution in [0.2, 0.25) is 0 Å². The van der Waals surface area contributed by atoms with E-state index in [0.29, 0.717) is 0 Å². The van der Waals surface area contributed by atoms with Gasteiger partial charge >= 0.3 is 6.18 Å². The van der Waals surface area contributed by atoms with Crippen molar-refractivity contribution in [3.8, 4) is 0 Å². The van der Waals surface area contributed by atoms with Crippen molar-refractivity contribution in [2.75, 3.05) is 0 Å². The summed E-state index contributed by atoms with van der Waals surface area (Å²) in [5.41, 5.74) is -10.8. The highest BCUT2D eigenvalue weighted by atomic mass is 32.2. The summed E-state index contributed by atoms with van der Waals surface area (Å²) >= 11 is -0.641. The van der Waals surface area contributed by atoms with E-state index >= 15 is 0 Å². The van der Waals surface area contributed by atoms with Gasteiger partial charge in [0.15, 0.2) is 17.2 Å². The van der Waals surface area contributed by atoms with E-state index in [2.05, 4.69) is 0 Å². The molecule has 0 N–H and O–H groups in total. The van der Waals surface area contributed by atoms with Crippen LogP contribution in [0.5, 0.6) is 0 Å². The molecule has 4 unspecified atom stereocenters. The monoisotopic (exact) mass is 228 g/mol. The molecule has 0 saturated carbocycles. The first kappa shape index (κ1) is 10.9. The minimum Gasteiger partial charge on any atom is -0.239 e. The average Bonchev–Trinajstić information content (AvgIpc) is 2.14. The Bertz CT molecular complexity index is 204. The number of rotatable bonds is 0. The van der Waals surface area contributed by atoms with Gasteiger partial charge in [-0.1, -0.05) is 11.8 Å². The van der Waals surface area contributed by atoms with Crippen LogP contribution in [0, 0.1) is 0 Å². The van der Waals surface area contributed by atoms with Crippen molar-refractivity contribution < 1.29 is 30.7 Å². The SMILES string of the molecule is FC1SC(F)C(F)(C(F)(F)F)C1F. The van der Waals surface area contributed by atoms with Crippen LogP contribution < -0.4 is 0 Å². The average molecular weight is 228 g/mol. The second-order valence-corrected chi connectivity index (χ2v) is 3.61. The van der Waals surface area contributed by atoms with Gasteiger partial charge in [-0.15, -0.1) is 0 Å². The quantitative estimate of drug-likeness (QED) is 0.574. The van der Waals surface area contributed by atoms with E-state index in [1.807, 2.05) is 0 Å². The molecule has 4 atom stereocenters. The fraction of sp³-hybridized carbons (Fsp3) is 1.00. The van der Waals surface area contributed by atoms with E-state index in [-0.39, 0.29) is 0 Å². The van der Waals surface area contributed by atoms with E-state index in [4.69, 9.17) is 0 Å². The van der Waals surface area contributed by atoms with Crippen LogP contribution in [-0.4, -0.2) is 29.0 Å². The summed E-state index contributed by atoms with van der Waals surface area (Å²) in [6, 6.07) is 0. The van der Waals surface area contributed by atoms with Crippen LogP contribution in [-0.2, 0) is 0 Å². The predicted octanol–water partition coefficient (Wildman–Crippen LogP) is 2.93. The molecular weight excluding hydrogens is 225 g/mol. The molecule has 0 nitrogen and oxygen atoms in total. The molecule has 0 aromatic heterocycles. The van der Waals surface area contributed by atoms with Gasteiger partial charge in [-0.05, 0) is 0 Å². The first-order chi connectivity index (χ1) is 5.71. The smallest absolute Gasteiger partial charge is 0.239 e. The summed E-state index contributed by atoms with van der Waals surface area (Å²) in [6.07, 6.45) is -9.24.